The van der Waals surface area contributed by atoms with Crippen molar-refractivity contribution in [3.8, 4) is 0 Å². The van der Waals surface area contributed by atoms with E-state index in [0.29, 0.717) is 0 Å². The Balaban J connectivity index is 2.41. The molecule has 0 spiro atoms. The third-order valence-corrected chi connectivity index (χ3v) is 8.72. The van der Waals surface area contributed by atoms with Gasteiger partial charge >= 0.3 is 0 Å². The first-order valence-electron chi connectivity index (χ1n) is 6.41. The first kappa shape index (κ1) is 12.6. The Morgan fingerprint density at radius 3 is 1.35 bits per heavy atom. The van der Waals surface area contributed by atoms with Gasteiger partial charge in [-0.15, -0.1) is 0 Å². The Morgan fingerprint density at radius 2 is 1.12 bits per heavy atom. The summed E-state index contributed by atoms with van der Waals surface area (Å²) in [6.07, 6.45) is 9.13. The molecule has 0 amide bonds. The zero-order chi connectivity index (χ0) is 12.8. The van der Waals surface area contributed by atoms with Crippen LogP contribution in [0.15, 0.2) is 32.7 Å². The van der Waals surface area contributed by atoms with E-state index in [9.17, 15) is 0 Å². The van der Waals surface area contributed by atoms with Crippen LogP contribution < -0.4 is 0 Å². The molecule has 2 radical (unpaired) electrons. The molecule has 0 aromatic rings. The second-order valence-corrected chi connectivity index (χ2v) is 10.2. The van der Waals surface area contributed by atoms with Crippen molar-refractivity contribution in [1.29, 1.82) is 0 Å². The van der Waals surface area contributed by atoms with E-state index < -0.39 is 8.07 Å². The van der Waals surface area contributed by atoms with Gasteiger partial charge in [-0.2, -0.15) is 0 Å². The van der Waals surface area contributed by atoms with Crippen LogP contribution in [0, 0.1) is 12.2 Å². The van der Waals surface area contributed by atoms with Gasteiger partial charge in [-0.3, -0.25) is 0 Å². The minimum Gasteiger partial charge on any atom is -0.0689 e. The van der Waals surface area contributed by atoms with Gasteiger partial charge in [0.25, 0.3) is 0 Å². The lowest BCUT2D eigenvalue weighted by Crippen LogP contribution is -2.33. The van der Waals surface area contributed by atoms with Crippen LogP contribution in [0.1, 0.15) is 40.5 Å². The maximum absolute atomic E-state index is 3.50. The standard InChI is InChI=1S/C16H22Si/c1-11-7-9-15(13(11)3)17(5,6)16-10-8-12(2)14(16)4/h9-10H2,1-6H3. The largest absolute Gasteiger partial charge is 0.104 e. The highest BCUT2D eigenvalue weighted by Crippen LogP contribution is 2.40. The summed E-state index contributed by atoms with van der Waals surface area (Å²) < 4.78 is 0. The van der Waals surface area contributed by atoms with Gasteiger partial charge < -0.3 is 0 Å². The fraction of sp³-hybridized carbons (Fsp3) is 0.500. The van der Waals surface area contributed by atoms with Crippen molar-refractivity contribution in [3.63, 3.8) is 0 Å². The van der Waals surface area contributed by atoms with Crippen LogP contribution in [-0.4, -0.2) is 8.07 Å². The van der Waals surface area contributed by atoms with Crippen molar-refractivity contribution >= 4 is 8.07 Å². The van der Waals surface area contributed by atoms with Crippen molar-refractivity contribution in [2.45, 2.75) is 53.6 Å². The van der Waals surface area contributed by atoms with Gasteiger partial charge in [0.2, 0.25) is 0 Å². The zero-order valence-corrected chi connectivity index (χ0v) is 12.9. The molecule has 1 heteroatoms. The molecule has 0 heterocycles. The van der Waals surface area contributed by atoms with Crippen molar-refractivity contribution in [3.05, 3.63) is 44.8 Å². The Labute approximate surface area is 107 Å². The number of rotatable bonds is 2. The fourth-order valence-electron chi connectivity index (χ4n) is 2.99. The monoisotopic (exact) mass is 242 g/mol. The van der Waals surface area contributed by atoms with Crippen LogP contribution in [0.2, 0.25) is 13.1 Å². The minimum atomic E-state index is -1.45. The van der Waals surface area contributed by atoms with Gasteiger partial charge in [0, 0.05) is 0 Å². The first-order valence-corrected chi connectivity index (χ1v) is 9.41. The number of hydrogen-bond donors (Lipinski definition) is 0. The second-order valence-electron chi connectivity index (χ2n) is 5.79. The molecule has 2 aliphatic carbocycles. The predicted octanol–water partition coefficient (Wildman–Crippen LogP) is 4.71. The second kappa shape index (κ2) is 4.13. The molecule has 90 valence electrons. The van der Waals surface area contributed by atoms with Gasteiger partial charge in [0.15, 0.2) is 0 Å². The van der Waals surface area contributed by atoms with Gasteiger partial charge in [-0.25, -0.2) is 0 Å². The molecule has 0 saturated heterocycles. The van der Waals surface area contributed by atoms with E-state index in [1.165, 1.54) is 22.3 Å². The Kier molecular flexibility index (Phi) is 3.07. The lowest BCUT2D eigenvalue weighted by atomic mass is 10.2. The first-order chi connectivity index (χ1) is 7.85. The molecule has 0 aliphatic heterocycles. The topological polar surface area (TPSA) is 0 Å². The van der Waals surface area contributed by atoms with Crippen molar-refractivity contribution in [2.75, 3.05) is 0 Å². The highest BCUT2D eigenvalue weighted by molar-refractivity contribution is 6.91. The molecule has 0 unspecified atom stereocenters. The molecule has 0 atom stereocenters. The molecule has 17 heavy (non-hydrogen) atoms. The smallest absolute Gasteiger partial charge is 0.0689 e. The zero-order valence-electron chi connectivity index (χ0n) is 11.9. The van der Waals surface area contributed by atoms with Crippen LogP contribution >= 0.6 is 0 Å². The van der Waals surface area contributed by atoms with E-state index in [-0.39, 0.29) is 0 Å². The number of hydrogen-bond acceptors (Lipinski definition) is 0. The highest BCUT2D eigenvalue weighted by Gasteiger charge is 2.35. The summed E-state index contributed by atoms with van der Waals surface area (Å²) in [7, 11) is -1.45. The van der Waals surface area contributed by atoms with Crippen LogP contribution in [0.5, 0.6) is 0 Å². The Hall–Kier alpha value is -0.823. The molecule has 0 nitrogen and oxygen atoms in total. The van der Waals surface area contributed by atoms with Gasteiger partial charge in [-0.1, -0.05) is 34.6 Å². The molecular formula is C16H22Si. The molecule has 2 rings (SSSR count). The molecule has 0 bridgehead atoms. The van der Waals surface area contributed by atoms with E-state index in [4.69, 9.17) is 0 Å². The van der Waals surface area contributed by atoms with Crippen LogP contribution in [0.4, 0.5) is 0 Å². The molecule has 0 N–H and O–H groups in total. The summed E-state index contributed by atoms with van der Waals surface area (Å²) in [5, 5.41) is 3.36. The number of allylic oxidation sites excluding steroid dienone is 8. The van der Waals surface area contributed by atoms with Crippen molar-refractivity contribution < 1.29 is 0 Å². The maximum atomic E-state index is 3.50. The third-order valence-electron chi connectivity index (χ3n) is 4.60. The van der Waals surface area contributed by atoms with Crippen molar-refractivity contribution in [2.24, 2.45) is 0 Å². The van der Waals surface area contributed by atoms with E-state index in [0.717, 1.165) is 12.8 Å². The predicted molar refractivity (Wildman–Crippen MR) is 77.0 cm³/mol. The lowest BCUT2D eigenvalue weighted by molar-refractivity contribution is 1.24. The van der Waals surface area contributed by atoms with E-state index in [1.807, 2.05) is 0 Å². The van der Waals surface area contributed by atoms with Gasteiger partial charge in [-0.05, 0) is 63.8 Å². The highest BCUT2D eigenvalue weighted by atomic mass is 28.3. The summed E-state index contributed by atoms with van der Waals surface area (Å²) >= 11 is 0. The SMILES string of the molecule is CC1=[C]CC([Si](C)(C)C2=C(C)C(C)=[C]C2)=C1C. The van der Waals surface area contributed by atoms with Crippen LogP contribution in [0.3, 0.4) is 0 Å². The van der Waals surface area contributed by atoms with Gasteiger partial charge in [0.1, 0.15) is 8.07 Å². The average molecular weight is 242 g/mol. The van der Waals surface area contributed by atoms with Crippen LogP contribution in [0.25, 0.3) is 0 Å². The molecule has 2 aliphatic rings. The van der Waals surface area contributed by atoms with E-state index in [2.05, 4.69) is 52.9 Å². The average Bonchev–Trinajstić information content (AvgIpc) is 2.75. The summed E-state index contributed by atoms with van der Waals surface area (Å²) in [6.45, 7) is 13.9. The van der Waals surface area contributed by atoms with E-state index >= 15 is 0 Å². The van der Waals surface area contributed by atoms with E-state index in [1.54, 1.807) is 10.4 Å². The minimum absolute atomic E-state index is 1.06. The summed E-state index contributed by atoms with van der Waals surface area (Å²) in [6, 6.07) is 0. The fourth-order valence-corrected chi connectivity index (χ4v) is 6.66. The van der Waals surface area contributed by atoms with Gasteiger partial charge in [0.05, 0.1) is 0 Å². The molecule has 0 aromatic carbocycles. The Bertz CT molecular complexity index is 438. The lowest BCUT2D eigenvalue weighted by Gasteiger charge is -2.29. The maximum Gasteiger partial charge on any atom is 0.104 e. The molecular weight excluding hydrogens is 220 g/mol. The molecule has 0 fully saturated rings. The summed E-state index contributed by atoms with van der Waals surface area (Å²) in [5.41, 5.74) is 5.74. The normalized spacial score (nSPS) is 21.3. The molecule has 0 saturated carbocycles. The Morgan fingerprint density at radius 1 is 0.765 bits per heavy atom. The van der Waals surface area contributed by atoms with Crippen molar-refractivity contribution in [1.82, 2.24) is 0 Å². The summed E-state index contributed by atoms with van der Waals surface area (Å²) in [5.74, 6) is 0. The third kappa shape index (κ3) is 1.91. The molecule has 0 aromatic heterocycles. The van der Waals surface area contributed by atoms with Crippen LogP contribution in [-0.2, 0) is 0 Å². The quantitative estimate of drug-likeness (QED) is 0.615. The summed E-state index contributed by atoms with van der Waals surface area (Å²) in [4.78, 5) is 0.